The predicted octanol–water partition coefficient (Wildman–Crippen LogP) is 6.38. The second-order valence-electron chi connectivity index (χ2n) is 11.4. The van der Waals surface area contributed by atoms with Gasteiger partial charge in [0.25, 0.3) is 0 Å². The molecule has 0 bridgehead atoms. The third-order valence-corrected chi connectivity index (χ3v) is 9.85. The van der Waals surface area contributed by atoms with Gasteiger partial charge in [-0.2, -0.15) is 18.3 Å². The van der Waals surface area contributed by atoms with Gasteiger partial charge in [0.1, 0.15) is 0 Å². The second kappa shape index (κ2) is 7.62. The van der Waals surface area contributed by atoms with Crippen LogP contribution in [0.2, 0.25) is 0 Å². The van der Waals surface area contributed by atoms with Crippen molar-refractivity contribution in [3.63, 3.8) is 0 Å². The summed E-state index contributed by atoms with van der Waals surface area (Å²) in [5.74, 6) is 4.88. The zero-order chi connectivity index (χ0) is 22.0. The molecule has 1 aromatic rings. The average molecular weight is 437 g/mol. The van der Waals surface area contributed by atoms with Crippen LogP contribution in [0.5, 0.6) is 0 Å². The van der Waals surface area contributed by atoms with E-state index in [1.165, 1.54) is 49.4 Å². The maximum atomic E-state index is 13.2. The standard InChI is InChI=1S/C25H35F3N2O/c1-15-3-5-17-16(13-15)4-6-19-18(17)9-11-24(2)20(19)7-8-21(24)22(31)14-30-12-10-23(29-30)25(26,27)28/h10,12,15-21H,3-9,11,13-14H2,1-2H3. The number of hydrogen-bond donors (Lipinski definition) is 0. The maximum absolute atomic E-state index is 13.2. The van der Waals surface area contributed by atoms with Crippen molar-refractivity contribution in [3.05, 3.63) is 18.0 Å². The quantitative estimate of drug-likeness (QED) is 0.551. The first-order valence-electron chi connectivity index (χ1n) is 12.3. The summed E-state index contributed by atoms with van der Waals surface area (Å²) in [5, 5.41) is 3.61. The molecule has 4 fully saturated rings. The first kappa shape index (κ1) is 21.5. The molecule has 4 aliphatic carbocycles. The fourth-order valence-corrected chi connectivity index (χ4v) is 8.49. The van der Waals surface area contributed by atoms with Crippen LogP contribution >= 0.6 is 0 Å². The molecule has 31 heavy (non-hydrogen) atoms. The Hall–Kier alpha value is -1.33. The Morgan fingerprint density at radius 2 is 1.87 bits per heavy atom. The third-order valence-electron chi connectivity index (χ3n) is 9.85. The topological polar surface area (TPSA) is 34.9 Å². The Kier molecular flexibility index (Phi) is 5.29. The lowest BCUT2D eigenvalue weighted by molar-refractivity contribution is -0.142. The van der Waals surface area contributed by atoms with Gasteiger partial charge in [-0.15, -0.1) is 0 Å². The zero-order valence-electron chi connectivity index (χ0n) is 18.7. The van der Waals surface area contributed by atoms with Gasteiger partial charge in [-0.05, 0) is 98.4 Å². The summed E-state index contributed by atoms with van der Waals surface area (Å²) in [6.45, 7) is 4.67. The molecule has 0 spiro atoms. The van der Waals surface area contributed by atoms with Gasteiger partial charge in [-0.1, -0.05) is 20.3 Å². The summed E-state index contributed by atoms with van der Waals surface area (Å²) in [7, 11) is 0. The number of nitrogens with zero attached hydrogens (tertiary/aromatic N) is 2. The highest BCUT2D eigenvalue weighted by molar-refractivity contribution is 5.82. The molecule has 4 saturated carbocycles. The highest BCUT2D eigenvalue weighted by atomic mass is 19.4. The van der Waals surface area contributed by atoms with Crippen molar-refractivity contribution >= 4 is 5.78 Å². The number of carbonyl (C=O) groups is 1. The molecule has 0 saturated heterocycles. The first-order valence-corrected chi connectivity index (χ1v) is 12.3. The fourth-order valence-electron chi connectivity index (χ4n) is 8.49. The molecule has 0 N–H and O–H groups in total. The number of Topliss-reactive ketones (excluding diaryl/α,β-unsaturated/α-hetero) is 1. The van der Waals surface area contributed by atoms with Gasteiger partial charge in [0.2, 0.25) is 0 Å². The molecule has 8 atom stereocenters. The minimum atomic E-state index is -4.47. The van der Waals surface area contributed by atoms with E-state index in [-0.39, 0.29) is 23.7 Å². The number of rotatable bonds is 3. The number of aromatic nitrogens is 2. The number of fused-ring (bicyclic) bond motifs is 5. The lowest BCUT2D eigenvalue weighted by Gasteiger charge is -2.56. The summed E-state index contributed by atoms with van der Waals surface area (Å²) in [4.78, 5) is 13.2. The monoisotopic (exact) mass is 436 g/mol. The molecule has 4 aliphatic rings. The average Bonchev–Trinajstić information content (AvgIpc) is 3.31. The molecule has 1 heterocycles. The van der Waals surface area contributed by atoms with Crippen LogP contribution in [0, 0.1) is 46.8 Å². The second-order valence-corrected chi connectivity index (χ2v) is 11.4. The van der Waals surface area contributed by atoms with Crippen molar-refractivity contribution in [2.24, 2.45) is 46.8 Å². The van der Waals surface area contributed by atoms with E-state index in [1.807, 2.05) is 0 Å². The van der Waals surface area contributed by atoms with E-state index < -0.39 is 11.9 Å². The van der Waals surface area contributed by atoms with E-state index in [0.29, 0.717) is 5.92 Å². The molecule has 172 valence electrons. The number of halogens is 3. The largest absolute Gasteiger partial charge is 0.435 e. The Bertz CT molecular complexity index is 833. The molecule has 0 amide bonds. The highest BCUT2D eigenvalue weighted by Gasteiger charge is 2.58. The fraction of sp³-hybridized carbons (Fsp3) is 0.840. The van der Waals surface area contributed by atoms with Gasteiger partial charge in [0, 0.05) is 12.1 Å². The number of carbonyl (C=O) groups excluding carboxylic acids is 1. The van der Waals surface area contributed by atoms with E-state index in [2.05, 4.69) is 18.9 Å². The van der Waals surface area contributed by atoms with Crippen molar-refractivity contribution < 1.29 is 18.0 Å². The minimum Gasteiger partial charge on any atom is -0.297 e. The Morgan fingerprint density at radius 3 is 2.61 bits per heavy atom. The van der Waals surface area contributed by atoms with Crippen molar-refractivity contribution in [3.8, 4) is 0 Å². The molecular formula is C25H35F3N2O. The molecule has 1 aromatic heterocycles. The highest BCUT2D eigenvalue weighted by Crippen LogP contribution is 2.64. The molecule has 6 heteroatoms. The first-order chi connectivity index (χ1) is 14.7. The van der Waals surface area contributed by atoms with E-state index in [4.69, 9.17) is 0 Å². The van der Waals surface area contributed by atoms with Crippen molar-refractivity contribution in [1.82, 2.24) is 9.78 Å². The Balaban J connectivity index is 1.29. The van der Waals surface area contributed by atoms with Gasteiger partial charge >= 0.3 is 6.18 Å². The number of ketones is 1. The lowest BCUT2D eigenvalue weighted by atomic mass is 9.49. The number of alkyl halides is 3. The van der Waals surface area contributed by atoms with Crippen molar-refractivity contribution in [2.75, 3.05) is 0 Å². The normalized spacial score (nSPS) is 42.5. The van der Waals surface area contributed by atoms with Crippen LogP contribution in [0.1, 0.15) is 77.3 Å². The van der Waals surface area contributed by atoms with Gasteiger partial charge in [0.05, 0.1) is 6.54 Å². The summed E-state index contributed by atoms with van der Waals surface area (Å²) < 4.78 is 39.8. The van der Waals surface area contributed by atoms with Gasteiger partial charge < -0.3 is 0 Å². The molecule has 0 radical (unpaired) electrons. The van der Waals surface area contributed by atoms with E-state index in [1.54, 1.807) is 0 Å². The van der Waals surface area contributed by atoms with Crippen LogP contribution in [-0.2, 0) is 17.5 Å². The van der Waals surface area contributed by atoms with Crippen LogP contribution in [-0.4, -0.2) is 15.6 Å². The molecule has 8 unspecified atom stereocenters. The summed E-state index contributed by atoms with van der Waals surface area (Å²) >= 11 is 0. The SMILES string of the molecule is CC1CCC2C(CCC3C2CCC2(C)C(C(=O)Cn4ccc(C(F)(F)F)n4)CCC32)C1. The van der Waals surface area contributed by atoms with E-state index >= 15 is 0 Å². The third kappa shape index (κ3) is 3.66. The lowest BCUT2D eigenvalue weighted by Crippen LogP contribution is -2.49. The van der Waals surface area contributed by atoms with Crippen LogP contribution in [0.4, 0.5) is 13.2 Å². The summed E-state index contributed by atoms with van der Waals surface area (Å²) in [6.07, 6.45) is 7.99. The molecule has 5 rings (SSSR count). The maximum Gasteiger partial charge on any atom is 0.435 e. The smallest absolute Gasteiger partial charge is 0.297 e. The van der Waals surface area contributed by atoms with Gasteiger partial charge in [0.15, 0.2) is 11.5 Å². The Labute approximate surface area is 183 Å². The van der Waals surface area contributed by atoms with Gasteiger partial charge in [-0.25, -0.2) is 0 Å². The van der Waals surface area contributed by atoms with E-state index in [0.717, 1.165) is 54.9 Å². The zero-order valence-corrected chi connectivity index (χ0v) is 18.7. The molecule has 3 nitrogen and oxygen atoms in total. The van der Waals surface area contributed by atoms with Crippen LogP contribution in [0.15, 0.2) is 12.3 Å². The van der Waals surface area contributed by atoms with Crippen LogP contribution < -0.4 is 0 Å². The Morgan fingerprint density at radius 1 is 1.10 bits per heavy atom. The number of hydrogen-bond acceptors (Lipinski definition) is 2. The van der Waals surface area contributed by atoms with Gasteiger partial charge in [-0.3, -0.25) is 9.48 Å². The minimum absolute atomic E-state index is 0.00700. The van der Waals surface area contributed by atoms with Crippen molar-refractivity contribution in [1.29, 1.82) is 0 Å². The van der Waals surface area contributed by atoms with E-state index in [9.17, 15) is 18.0 Å². The van der Waals surface area contributed by atoms with Crippen LogP contribution in [0.3, 0.4) is 0 Å². The summed E-state index contributed by atoms with van der Waals surface area (Å²) in [6, 6.07) is 0.959. The van der Waals surface area contributed by atoms with Crippen molar-refractivity contribution in [2.45, 2.75) is 84.4 Å². The van der Waals surface area contributed by atoms with Crippen LogP contribution in [0.25, 0.3) is 0 Å². The molecule has 0 aromatic carbocycles. The molecule has 0 aliphatic heterocycles. The molecular weight excluding hydrogens is 401 g/mol. The summed E-state index contributed by atoms with van der Waals surface area (Å²) in [5.41, 5.74) is -0.914. The predicted molar refractivity (Wildman–Crippen MR) is 112 cm³/mol.